The van der Waals surface area contributed by atoms with E-state index in [4.69, 9.17) is 11.6 Å². The fourth-order valence-corrected chi connectivity index (χ4v) is 4.43. The molecule has 6 nitrogen and oxygen atoms in total. The Balaban J connectivity index is 1.37. The molecule has 0 radical (unpaired) electrons. The van der Waals surface area contributed by atoms with Crippen molar-refractivity contribution in [2.45, 2.75) is 39.0 Å². The highest BCUT2D eigenvalue weighted by Gasteiger charge is 2.27. The molecule has 32 heavy (non-hydrogen) atoms. The number of anilines is 1. The van der Waals surface area contributed by atoms with Gasteiger partial charge >= 0.3 is 0 Å². The number of carbonyl (C=O) groups excluding carboxylic acids is 2. The van der Waals surface area contributed by atoms with Crippen LogP contribution in [0.4, 0.5) is 5.69 Å². The molecule has 0 bridgehead atoms. The fourth-order valence-electron chi connectivity index (χ4n) is 4.15. The lowest BCUT2D eigenvalue weighted by Crippen LogP contribution is -2.37. The lowest BCUT2D eigenvalue weighted by molar-refractivity contribution is -0.116. The van der Waals surface area contributed by atoms with Gasteiger partial charge in [-0.25, -0.2) is 0 Å². The molecule has 1 saturated carbocycles. The van der Waals surface area contributed by atoms with Gasteiger partial charge in [0.15, 0.2) is 0 Å². The monoisotopic (exact) mass is 454 g/mol. The van der Waals surface area contributed by atoms with Crippen molar-refractivity contribution in [1.29, 1.82) is 0 Å². The van der Waals surface area contributed by atoms with E-state index in [1.165, 1.54) is 32.1 Å². The van der Waals surface area contributed by atoms with Crippen LogP contribution in [0.5, 0.6) is 0 Å². The van der Waals surface area contributed by atoms with Gasteiger partial charge < -0.3 is 15.1 Å². The van der Waals surface area contributed by atoms with Gasteiger partial charge in [0.1, 0.15) is 0 Å². The smallest absolute Gasteiger partial charge is 0.252 e. The van der Waals surface area contributed by atoms with E-state index in [2.05, 4.69) is 15.2 Å². The Kier molecular flexibility index (Phi) is 7.43. The predicted molar refractivity (Wildman–Crippen MR) is 128 cm³/mol. The minimum atomic E-state index is -0.105. The number of hydrogen-bond donors (Lipinski definition) is 1. The summed E-state index contributed by atoms with van der Waals surface area (Å²) in [6.07, 6.45) is 7.74. The maximum atomic E-state index is 12.4. The highest BCUT2D eigenvalue weighted by molar-refractivity contribution is 6.34. The zero-order chi connectivity index (χ0) is 22.5. The summed E-state index contributed by atoms with van der Waals surface area (Å²) in [7, 11) is 0. The van der Waals surface area contributed by atoms with Crippen LogP contribution in [0, 0.1) is 5.92 Å². The Hall–Kier alpha value is -2.44. The standard InChI is InChI=1S/C25H31ClN4O2/c1-18(31)30(17-19-5-6-19)24-10-8-20(15-22(24)26)23-9-7-21(16-28-23)25(32)27-11-14-29-12-3-2-4-13-29/h7-10,15-16,19H,2-6,11-14,17H2,1H3,(H,27,32). The van der Waals surface area contributed by atoms with Gasteiger partial charge in [-0.05, 0) is 69.0 Å². The van der Waals surface area contributed by atoms with E-state index in [9.17, 15) is 9.59 Å². The minimum Gasteiger partial charge on any atom is -0.351 e. The van der Waals surface area contributed by atoms with Crippen molar-refractivity contribution >= 4 is 29.1 Å². The molecule has 2 fully saturated rings. The van der Waals surface area contributed by atoms with E-state index in [0.29, 0.717) is 29.6 Å². The van der Waals surface area contributed by atoms with Gasteiger partial charge in [0.05, 0.1) is 22.0 Å². The second-order valence-corrected chi connectivity index (χ2v) is 9.24. The summed E-state index contributed by atoms with van der Waals surface area (Å²) < 4.78 is 0. The van der Waals surface area contributed by atoms with Crippen LogP contribution in [0.2, 0.25) is 5.02 Å². The molecule has 2 heterocycles. The number of halogens is 1. The van der Waals surface area contributed by atoms with Crippen LogP contribution < -0.4 is 10.2 Å². The third kappa shape index (κ3) is 5.87. The maximum absolute atomic E-state index is 12.4. The molecule has 2 amide bonds. The Morgan fingerprint density at radius 2 is 1.94 bits per heavy atom. The van der Waals surface area contributed by atoms with Crippen molar-refractivity contribution in [3.05, 3.63) is 47.1 Å². The first kappa shape index (κ1) is 22.7. The Morgan fingerprint density at radius 1 is 1.16 bits per heavy atom. The van der Waals surface area contributed by atoms with Crippen molar-refractivity contribution in [3.8, 4) is 11.3 Å². The molecule has 1 aromatic carbocycles. The van der Waals surface area contributed by atoms with Crippen LogP contribution in [0.1, 0.15) is 49.4 Å². The van der Waals surface area contributed by atoms with Crippen molar-refractivity contribution < 1.29 is 9.59 Å². The average molecular weight is 455 g/mol. The van der Waals surface area contributed by atoms with Crippen LogP contribution >= 0.6 is 11.6 Å². The van der Waals surface area contributed by atoms with Gasteiger partial charge in [-0.2, -0.15) is 0 Å². The van der Waals surface area contributed by atoms with Crippen LogP contribution in [-0.4, -0.2) is 54.4 Å². The number of pyridine rings is 1. The number of aromatic nitrogens is 1. The number of piperidine rings is 1. The molecule has 0 atom stereocenters. The Bertz CT molecular complexity index is 953. The minimum absolute atomic E-state index is 0.000303. The van der Waals surface area contributed by atoms with Gasteiger partial charge in [0.25, 0.3) is 5.91 Å². The van der Waals surface area contributed by atoms with Crippen molar-refractivity contribution in [2.75, 3.05) is 37.6 Å². The van der Waals surface area contributed by atoms with E-state index in [1.807, 2.05) is 24.3 Å². The molecule has 7 heteroatoms. The van der Waals surface area contributed by atoms with Crippen molar-refractivity contribution in [3.63, 3.8) is 0 Å². The summed E-state index contributed by atoms with van der Waals surface area (Å²) in [4.78, 5) is 33.2. The van der Waals surface area contributed by atoms with Gasteiger partial charge in [-0.1, -0.05) is 24.1 Å². The molecule has 1 aliphatic heterocycles. The zero-order valence-electron chi connectivity index (χ0n) is 18.6. The van der Waals surface area contributed by atoms with Gasteiger partial charge in [0.2, 0.25) is 5.91 Å². The third-order valence-corrected chi connectivity index (χ3v) is 6.54. The lowest BCUT2D eigenvalue weighted by atomic mass is 10.1. The van der Waals surface area contributed by atoms with E-state index in [0.717, 1.165) is 36.6 Å². The summed E-state index contributed by atoms with van der Waals surface area (Å²) in [5.41, 5.74) is 2.87. The largest absolute Gasteiger partial charge is 0.351 e. The van der Waals surface area contributed by atoms with Crippen molar-refractivity contribution in [2.24, 2.45) is 5.92 Å². The van der Waals surface area contributed by atoms with Crippen LogP contribution in [-0.2, 0) is 4.79 Å². The van der Waals surface area contributed by atoms with Gasteiger partial charge in [0, 0.05) is 38.3 Å². The second-order valence-electron chi connectivity index (χ2n) is 8.83. The molecule has 1 N–H and O–H groups in total. The van der Waals surface area contributed by atoms with E-state index < -0.39 is 0 Å². The normalized spacial score (nSPS) is 16.6. The summed E-state index contributed by atoms with van der Waals surface area (Å²) >= 11 is 6.54. The molecule has 0 spiro atoms. The quantitative estimate of drug-likeness (QED) is 0.642. The topological polar surface area (TPSA) is 65.5 Å². The van der Waals surface area contributed by atoms with Crippen molar-refractivity contribution in [1.82, 2.24) is 15.2 Å². The molecule has 1 aliphatic carbocycles. The number of benzene rings is 1. The zero-order valence-corrected chi connectivity index (χ0v) is 19.4. The summed E-state index contributed by atoms with van der Waals surface area (Å²) in [6, 6.07) is 9.25. The molecule has 2 aliphatic rings. The second kappa shape index (κ2) is 10.5. The Morgan fingerprint density at radius 3 is 2.56 bits per heavy atom. The molecular weight excluding hydrogens is 424 g/mol. The number of nitrogens with one attached hydrogen (secondary N) is 1. The molecular formula is C25H31ClN4O2. The SMILES string of the molecule is CC(=O)N(CC1CC1)c1ccc(-c2ccc(C(=O)NCCN3CCCCC3)cn2)cc1Cl. The summed E-state index contributed by atoms with van der Waals surface area (Å²) in [6.45, 7) is 6.07. The predicted octanol–water partition coefficient (Wildman–Crippen LogP) is 4.38. The van der Waals surface area contributed by atoms with E-state index in [1.54, 1.807) is 24.1 Å². The molecule has 2 aromatic rings. The van der Waals surface area contributed by atoms with E-state index >= 15 is 0 Å². The fraction of sp³-hybridized carbons (Fsp3) is 0.480. The number of carbonyl (C=O) groups is 2. The molecule has 170 valence electrons. The highest BCUT2D eigenvalue weighted by Crippen LogP contribution is 2.35. The number of amides is 2. The van der Waals surface area contributed by atoms with Crippen LogP contribution in [0.15, 0.2) is 36.5 Å². The molecule has 1 saturated heterocycles. The van der Waals surface area contributed by atoms with Gasteiger partial charge in [-0.3, -0.25) is 14.6 Å². The number of rotatable bonds is 8. The third-order valence-electron chi connectivity index (χ3n) is 6.24. The number of hydrogen-bond acceptors (Lipinski definition) is 4. The molecule has 1 aromatic heterocycles. The first-order chi connectivity index (χ1) is 15.5. The summed E-state index contributed by atoms with van der Waals surface area (Å²) in [5.74, 6) is 0.474. The maximum Gasteiger partial charge on any atom is 0.252 e. The first-order valence-electron chi connectivity index (χ1n) is 11.6. The van der Waals surface area contributed by atoms with Crippen LogP contribution in [0.25, 0.3) is 11.3 Å². The first-order valence-corrected chi connectivity index (χ1v) is 11.9. The van der Waals surface area contributed by atoms with Crippen LogP contribution in [0.3, 0.4) is 0 Å². The lowest BCUT2D eigenvalue weighted by Gasteiger charge is -2.26. The van der Waals surface area contributed by atoms with E-state index in [-0.39, 0.29) is 11.8 Å². The average Bonchev–Trinajstić information content (AvgIpc) is 3.63. The van der Waals surface area contributed by atoms with Gasteiger partial charge in [-0.15, -0.1) is 0 Å². The molecule has 0 unspecified atom stereocenters. The molecule has 4 rings (SSSR count). The number of nitrogens with zero attached hydrogens (tertiary/aromatic N) is 3. The summed E-state index contributed by atoms with van der Waals surface area (Å²) in [5, 5.41) is 3.51. The number of likely N-dealkylation sites (tertiary alicyclic amines) is 1. The Labute approximate surface area is 195 Å². The highest BCUT2D eigenvalue weighted by atomic mass is 35.5.